The van der Waals surface area contributed by atoms with Crippen molar-refractivity contribution in [2.45, 2.75) is 44.1 Å². The normalized spacial score (nSPS) is 29.8. The van der Waals surface area contributed by atoms with Gasteiger partial charge in [-0.25, -0.2) is 0 Å². The molecule has 1 unspecified atom stereocenters. The number of hydrogen-bond donors (Lipinski definition) is 1. The van der Waals surface area contributed by atoms with Crippen LogP contribution in [0.25, 0.3) is 0 Å². The second-order valence-electron chi connectivity index (χ2n) is 11.2. The first kappa shape index (κ1) is 27.7. The van der Waals surface area contributed by atoms with Gasteiger partial charge in [0.1, 0.15) is 11.6 Å². The minimum Gasteiger partial charge on any atom is -0.394 e. The third kappa shape index (κ3) is 4.23. The number of aliphatic hydroxyl groups excluding tert-OH is 1. The van der Waals surface area contributed by atoms with Crippen LogP contribution in [0.5, 0.6) is 0 Å². The molecule has 3 amide bonds. The zero-order chi connectivity index (χ0) is 28.9. The van der Waals surface area contributed by atoms with E-state index in [1.165, 1.54) is 4.90 Å². The van der Waals surface area contributed by atoms with Crippen LogP contribution in [0.3, 0.4) is 0 Å². The van der Waals surface area contributed by atoms with Crippen molar-refractivity contribution < 1.29 is 24.2 Å². The number of anilines is 1. The lowest BCUT2D eigenvalue weighted by Gasteiger charge is -2.39. The molecule has 2 saturated heterocycles. The van der Waals surface area contributed by atoms with Crippen LogP contribution in [-0.2, 0) is 19.1 Å². The van der Waals surface area contributed by atoms with Crippen LogP contribution >= 0.6 is 11.6 Å². The summed E-state index contributed by atoms with van der Waals surface area (Å²) in [7, 11) is 0. The van der Waals surface area contributed by atoms with E-state index in [4.69, 9.17) is 16.3 Å². The van der Waals surface area contributed by atoms with Gasteiger partial charge in [0, 0.05) is 19.6 Å². The lowest BCUT2D eigenvalue weighted by Crippen LogP contribution is -2.56. The van der Waals surface area contributed by atoms with Crippen molar-refractivity contribution in [1.29, 1.82) is 0 Å². The molecular formula is C32H34ClN3O5. The number of benzene rings is 2. The Balaban J connectivity index is 1.53. The minimum atomic E-state index is -1.40. The van der Waals surface area contributed by atoms with E-state index in [1.54, 1.807) is 15.9 Å². The van der Waals surface area contributed by atoms with Gasteiger partial charge in [-0.05, 0) is 30.5 Å². The van der Waals surface area contributed by atoms with Crippen molar-refractivity contribution in [1.82, 2.24) is 9.80 Å². The van der Waals surface area contributed by atoms with Gasteiger partial charge in [0.2, 0.25) is 11.8 Å². The molecule has 0 saturated carbocycles. The highest BCUT2D eigenvalue weighted by molar-refractivity contribution is 6.34. The lowest BCUT2D eigenvalue weighted by atomic mass is 9.77. The van der Waals surface area contributed by atoms with Gasteiger partial charge in [0.05, 0.1) is 41.3 Å². The second kappa shape index (κ2) is 10.7. The Kier molecular flexibility index (Phi) is 7.26. The average molecular weight is 576 g/mol. The molecule has 41 heavy (non-hydrogen) atoms. The van der Waals surface area contributed by atoms with Crippen molar-refractivity contribution >= 4 is 35.0 Å². The van der Waals surface area contributed by atoms with Gasteiger partial charge in [-0.2, -0.15) is 0 Å². The first-order valence-electron chi connectivity index (χ1n) is 14.2. The Morgan fingerprint density at radius 3 is 2.51 bits per heavy atom. The highest BCUT2D eigenvalue weighted by Gasteiger charge is 2.72. The third-order valence-corrected chi connectivity index (χ3v) is 9.13. The molecule has 214 valence electrons. The molecule has 8 nitrogen and oxygen atoms in total. The van der Waals surface area contributed by atoms with Gasteiger partial charge in [-0.15, -0.1) is 0 Å². The number of aliphatic hydroxyl groups is 1. The van der Waals surface area contributed by atoms with E-state index in [1.807, 2.05) is 80.6 Å². The number of halogens is 1. The van der Waals surface area contributed by atoms with Crippen LogP contribution in [0.4, 0.5) is 5.69 Å². The molecule has 2 aromatic carbocycles. The van der Waals surface area contributed by atoms with E-state index in [-0.39, 0.29) is 24.3 Å². The van der Waals surface area contributed by atoms with E-state index in [0.717, 1.165) is 12.0 Å². The standard InChI is InChI=1S/C32H34ClN3O5/c1-3-16-34-17-8-14-24-25(29(34)38)26-30(39)36(23(19-37)21-11-5-4-6-12-21)28-31(40)35(18-9-15-32(26,28)41-24)27-20(2)10-7-13-22(27)33/h4-15,23-26,28,37H,3,16-19H2,1-2H3/t23-,24-,25+,26+,28?,32+/m1/s1. The first-order valence-corrected chi connectivity index (χ1v) is 14.6. The number of aryl methyl sites for hydroxylation is 1. The van der Waals surface area contributed by atoms with Crippen LogP contribution in [0.2, 0.25) is 5.02 Å². The lowest BCUT2D eigenvalue weighted by molar-refractivity contribution is -0.147. The predicted octanol–water partition coefficient (Wildman–Crippen LogP) is 3.67. The number of hydrogen-bond acceptors (Lipinski definition) is 5. The summed E-state index contributed by atoms with van der Waals surface area (Å²) < 4.78 is 6.74. The monoisotopic (exact) mass is 575 g/mol. The number of ether oxygens (including phenoxy) is 1. The summed E-state index contributed by atoms with van der Waals surface area (Å²) in [5.41, 5.74) is 0.672. The summed E-state index contributed by atoms with van der Waals surface area (Å²) in [5, 5.41) is 11.1. The second-order valence-corrected chi connectivity index (χ2v) is 11.6. The van der Waals surface area contributed by atoms with Crippen LogP contribution in [0.1, 0.15) is 30.5 Å². The number of para-hydroxylation sites is 1. The number of rotatable bonds is 6. The number of carbonyl (C=O) groups is 3. The van der Waals surface area contributed by atoms with Gasteiger partial charge in [-0.1, -0.05) is 85.3 Å². The van der Waals surface area contributed by atoms with Crippen molar-refractivity contribution in [2.75, 3.05) is 31.1 Å². The summed E-state index contributed by atoms with van der Waals surface area (Å²) in [6.45, 7) is 4.72. The molecule has 1 spiro atoms. The zero-order valence-electron chi connectivity index (χ0n) is 23.2. The molecule has 4 aliphatic heterocycles. The molecule has 0 aliphatic carbocycles. The molecule has 0 aromatic heterocycles. The van der Waals surface area contributed by atoms with Crippen molar-refractivity contribution in [3.8, 4) is 0 Å². The summed E-state index contributed by atoms with van der Waals surface area (Å²) in [4.78, 5) is 48.2. The number of likely N-dealkylation sites (tertiary alicyclic amines) is 1. The quantitative estimate of drug-likeness (QED) is 0.531. The van der Waals surface area contributed by atoms with Crippen molar-refractivity contribution in [3.63, 3.8) is 0 Å². The van der Waals surface area contributed by atoms with Crippen LogP contribution in [0.15, 0.2) is 72.8 Å². The molecule has 2 fully saturated rings. The maximum absolute atomic E-state index is 14.8. The van der Waals surface area contributed by atoms with Crippen molar-refractivity contribution in [2.24, 2.45) is 11.8 Å². The Bertz CT molecular complexity index is 1410. The Hall–Kier alpha value is -3.46. The molecule has 1 N–H and O–H groups in total. The SMILES string of the molecule is CCCN1CC=C[C@H]2O[C@]34C=CCN(c5c(C)cccc5Cl)C(=O)C3N([C@H](CO)c3ccccc3)C(=O)[C@@H]4[C@H]2C1=O. The largest absolute Gasteiger partial charge is 0.394 e. The fraction of sp³-hybridized carbons (Fsp3) is 0.406. The summed E-state index contributed by atoms with van der Waals surface area (Å²) in [5.74, 6) is -2.61. The molecule has 0 radical (unpaired) electrons. The molecule has 2 aromatic rings. The maximum atomic E-state index is 14.8. The third-order valence-electron chi connectivity index (χ3n) is 8.83. The van der Waals surface area contributed by atoms with E-state index >= 15 is 0 Å². The highest BCUT2D eigenvalue weighted by Crippen LogP contribution is 2.55. The predicted molar refractivity (Wildman–Crippen MR) is 155 cm³/mol. The fourth-order valence-corrected chi connectivity index (χ4v) is 7.45. The molecule has 9 heteroatoms. The zero-order valence-corrected chi connectivity index (χ0v) is 23.9. The smallest absolute Gasteiger partial charge is 0.253 e. The topological polar surface area (TPSA) is 90.4 Å². The van der Waals surface area contributed by atoms with Crippen LogP contribution < -0.4 is 4.90 Å². The summed E-state index contributed by atoms with van der Waals surface area (Å²) >= 11 is 6.64. The van der Waals surface area contributed by atoms with E-state index in [9.17, 15) is 19.5 Å². The minimum absolute atomic E-state index is 0.151. The number of carbonyl (C=O) groups excluding carboxylic acids is 3. The molecule has 6 rings (SSSR count). The summed E-state index contributed by atoms with van der Waals surface area (Å²) in [6, 6.07) is 12.7. The average Bonchev–Trinajstić information content (AvgIpc) is 3.28. The Morgan fingerprint density at radius 2 is 1.80 bits per heavy atom. The molecule has 4 heterocycles. The first-order chi connectivity index (χ1) is 19.8. The molecular weight excluding hydrogens is 542 g/mol. The van der Waals surface area contributed by atoms with Gasteiger partial charge >= 0.3 is 0 Å². The van der Waals surface area contributed by atoms with Gasteiger partial charge in [0.25, 0.3) is 5.91 Å². The number of amides is 3. The molecule has 0 bridgehead atoms. The van der Waals surface area contributed by atoms with Gasteiger partial charge in [0.15, 0.2) is 0 Å². The van der Waals surface area contributed by atoms with Crippen LogP contribution in [0, 0.1) is 18.8 Å². The summed E-state index contributed by atoms with van der Waals surface area (Å²) in [6.07, 6.45) is 7.54. The van der Waals surface area contributed by atoms with Gasteiger partial charge < -0.3 is 24.5 Å². The number of nitrogens with zero attached hydrogens (tertiary/aromatic N) is 3. The van der Waals surface area contributed by atoms with E-state index < -0.39 is 42.2 Å². The maximum Gasteiger partial charge on any atom is 0.253 e. The Labute approximate surface area is 244 Å². The van der Waals surface area contributed by atoms with Crippen molar-refractivity contribution in [3.05, 3.63) is 89.0 Å². The van der Waals surface area contributed by atoms with E-state index in [0.29, 0.717) is 29.4 Å². The fourth-order valence-electron chi connectivity index (χ4n) is 7.13. The van der Waals surface area contributed by atoms with Crippen LogP contribution in [-0.4, -0.2) is 76.6 Å². The number of fused-ring (bicyclic) bond motifs is 2. The highest BCUT2D eigenvalue weighted by atomic mass is 35.5. The van der Waals surface area contributed by atoms with Gasteiger partial charge in [-0.3, -0.25) is 14.4 Å². The van der Waals surface area contributed by atoms with E-state index in [2.05, 4.69) is 0 Å². The Morgan fingerprint density at radius 1 is 1.02 bits per heavy atom. The molecule has 4 aliphatic rings. The molecule has 6 atom stereocenters.